The summed E-state index contributed by atoms with van der Waals surface area (Å²) in [7, 11) is 0. The molecule has 1 heterocycles. The molecule has 2 aromatic rings. The van der Waals surface area contributed by atoms with Crippen LogP contribution in [-0.2, 0) is 9.53 Å². The molecule has 6 nitrogen and oxygen atoms in total. The number of aliphatic imine (C=N–C) groups is 1. The highest BCUT2D eigenvalue weighted by molar-refractivity contribution is 6.13. The number of nitrogens with zero attached hydrogens (tertiary/aromatic N) is 2. The maximum Gasteiger partial charge on any atom is 0.363 e. The van der Waals surface area contributed by atoms with Crippen molar-refractivity contribution in [2.24, 2.45) is 4.99 Å². The number of hydrogen-bond donors (Lipinski definition) is 0. The van der Waals surface area contributed by atoms with Crippen molar-refractivity contribution in [2.45, 2.75) is 6.92 Å². The van der Waals surface area contributed by atoms with Crippen LogP contribution < -0.4 is 0 Å². The molecule has 1 aliphatic rings. The Kier molecular flexibility index (Phi) is 3.72. The Morgan fingerprint density at radius 3 is 2.57 bits per heavy atom. The van der Waals surface area contributed by atoms with Crippen molar-refractivity contribution >= 4 is 23.6 Å². The highest BCUT2D eigenvalue weighted by atomic mass is 16.6. The van der Waals surface area contributed by atoms with E-state index in [2.05, 4.69) is 4.99 Å². The summed E-state index contributed by atoms with van der Waals surface area (Å²) in [5.74, 6) is -0.393. The minimum atomic E-state index is -0.542. The number of ether oxygens (including phenoxy) is 1. The number of carbonyl (C=O) groups is 1. The molecule has 0 fully saturated rings. The van der Waals surface area contributed by atoms with Crippen LogP contribution in [0.1, 0.15) is 16.7 Å². The summed E-state index contributed by atoms with van der Waals surface area (Å²) in [6, 6.07) is 13.8. The van der Waals surface area contributed by atoms with Crippen molar-refractivity contribution in [1.82, 2.24) is 0 Å². The lowest BCUT2D eigenvalue weighted by Crippen LogP contribution is -2.06. The van der Waals surface area contributed by atoms with Crippen molar-refractivity contribution in [2.75, 3.05) is 0 Å². The average Bonchev–Trinajstić information content (AvgIpc) is 2.89. The number of nitro groups is 1. The summed E-state index contributed by atoms with van der Waals surface area (Å²) in [4.78, 5) is 26.5. The first kappa shape index (κ1) is 14.6. The molecule has 0 aliphatic carbocycles. The van der Waals surface area contributed by atoms with Crippen molar-refractivity contribution in [3.63, 3.8) is 0 Å². The fourth-order valence-electron chi connectivity index (χ4n) is 2.23. The van der Waals surface area contributed by atoms with Crippen LogP contribution >= 0.6 is 0 Å². The van der Waals surface area contributed by atoms with Gasteiger partial charge in [0, 0.05) is 17.2 Å². The monoisotopic (exact) mass is 308 g/mol. The van der Waals surface area contributed by atoms with E-state index in [1.807, 2.05) is 30.3 Å². The number of hydrogen-bond acceptors (Lipinski definition) is 5. The molecule has 0 radical (unpaired) electrons. The third kappa shape index (κ3) is 3.01. The number of aryl methyl sites for hydroxylation is 1. The predicted molar refractivity (Wildman–Crippen MR) is 84.9 cm³/mol. The predicted octanol–water partition coefficient (Wildman–Crippen LogP) is 3.25. The van der Waals surface area contributed by atoms with Gasteiger partial charge in [0.15, 0.2) is 5.70 Å². The van der Waals surface area contributed by atoms with Gasteiger partial charge in [-0.25, -0.2) is 9.79 Å². The van der Waals surface area contributed by atoms with Crippen LogP contribution in [0, 0.1) is 17.0 Å². The van der Waals surface area contributed by atoms with E-state index in [9.17, 15) is 14.9 Å². The van der Waals surface area contributed by atoms with Crippen LogP contribution in [0.25, 0.3) is 6.08 Å². The van der Waals surface area contributed by atoms with E-state index in [0.717, 1.165) is 5.56 Å². The lowest BCUT2D eigenvalue weighted by Gasteiger charge is -2.01. The number of rotatable bonds is 3. The Balaban J connectivity index is 1.94. The van der Waals surface area contributed by atoms with Gasteiger partial charge < -0.3 is 4.74 Å². The summed E-state index contributed by atoms with van der Waals surface area (Å²) in [6.45, 7) is 1.62. The van der Waals surface area contributed by atoms with E-state index in [1.54, 1.807) is 19.1 Å². The van der Waals surface area contributed by atoms with E-state index < -0.39 is 10.9 Å². The van der Waals surface area contributed by atoms with E-state index in [0.29, 0.717) is 11.1 Å². The molecule has 6 heteroatoms. The molecule has 114 valence electrons. The Bertz CT molecular complexity index is 854. The fourth-order valence-corrected chi connectivity index (χ4v) is 2.23. The topological polar surface area (TPSA) is 81.8 Å². The quantitative estimate of drug-likeness (QED) is 0.377. The number of esters is 1. The molecule has 0 atom stereocenters. The average molecular weight is 308 g/mol. The van der Waals surface area contributed by atoms with E-state index in [1.165, 1.54) is 12.1 Å². The van der Waals surface area contributed by atoms with E-state index in [-0.39, 0.29) is 17.3 Å². The van der Waals surface area contributed by atoms with Gasteiger partial charge in [-0.1, -0.05) is 30.3 Å². The molecular formula is C17H12N2O4. The summed E-state index contributed by atoms with van der Waals surface area (Å²) in [5, 5.41) is 10.8. The SMILES string of the molecule is Cc1cc(C2=N/C(=C\c3ccccc3)C(=O)O2)ccc1[N+](=O)[O-]. The van der Waals surface area contributed by atoms with Gasteiger partial charge in [-0.05, 0) is 30.7 Å². The number of nitro benzene ring substituents is 1. The van der Waals surface area contributed by atoms with Crippen LogP contribution in [0.2, 0.25) is 0 Å². The highest BCUT2D eigenvalue weighted by Gasteiger charge is 2.25. The third-order valence-corrected chi connectivity index (χ3v) is 3.36. The van der Waals surface area contributed by atoms with Gasteiger partial charge in [0.2, 0.25) is 5.90 Å². The van der Waals surface area contributed by atoms with Gasteiger partial charge >= 0.3 is 5.97 Å². The maximum atomic E-state index is 11.9. The van der Waals surface area contributed by atoms with Gasteiger partial charge in [-0.3, -0.25) is 10.1 Å². The molecule has 3 rings (SSSR count). The van der Waals surface area contributed by atoms with Crippen molar-refractivity contribution in [3.05, 3.63) is 81.0 Å². The van der Waals surface area contributed by atoms with Gasteiger partial charge in [-0.2, -0.15) is 0 Å². The second kappa shape index (κ2) is 5.84. The number of carbonyl (C=O) groups excluding carboxylic acids is 1. The molecule has 0 N–H and O–H groups in total. The molecule has 0 aromatic heterocycles. The first-order chi connectivity index (χ1) is 11.0. The van der Waals surface area contributed by atoms with Crippen molar-refractivity contribution < 1.29 is 14.5 Å². The molecule has 0 bridgehead atoms. The van der Waals surface area contributed by atoms with Gasteiger partial charge in [0.1, 0.15) is 0 Å². The van der Waals surface area contributed by atoms with Crippen LogP contribution in [0.3, 0.4) is 0 Å². The lowest BCUT2D eigenvalue weighted by atomic mass is 10.1. The van der Waals surface area contributed by atoms with Crippen LogP contribution in [0.4, 0.5) is 5.69 Å². The Morgan fingerprint density at radius 2 is 1.91 bits per heavy atom. The van der Waals surface area contributed by atoms with Gasteiger partial charge in [0.05, 0.1) is 4.92 Å². The summed E-state index contributed by atoms with van der Waals surface area (Å²) in [6.07, 6.45) is 1.63. The highest BCUT2D eigenvalue weighted by Crippen LogP contribution is 2.23. The first-order valence-electron chi connectivity index (χ1n) is 6.87. The van der Waals surface area contributed by atoms with Crippen molar-refractivity contribution in [1.29, 1.82) is 0 Å². The molecule has 0 saturated heterocycles. The normalized spacial score (nSPS) is 15.4. The summed E-state index contributed by atoms with van der Waals surface area (Å²) in [5.41, 5.74) is 2.05. The summed E-state index contributed by atoms with van der Waals surface area (Å²) < 4.78 is 5.16. The number of cyclic esters (lactones) is 1. The molecule has 1 aliphatic heterocycles. The smallest absolute Gasteiger partial charge is 0.363 e. The molecule has 0 amide bonds. The van der Waals surface area contributed by atoms with Crippen LogP contribution in [0.15, 0.2) is 59.2 Å². The lowest BCUT2D eigenvalue weighted by molar-refractivity contribution is -0.385. The minimum absolute atomic E-state index is 0.0127. The maximum absolute atomic E-state index is 11.9. The molecule has 23 heavy (non-hydrogen) atoms. The third-order valence-electron chi connectivity index (χ3n) is 3.36. The molecule has 0 unspecified atom stereocenters. The number of benzene rings is 2. The molecule has 2 aromatic carbocycles. The Labute approximate surface area is 131 Å². The van der Waals surface area contributed by atoms with Crippen LogP contribution in [-0.4, -0.2) is 16.8 Å². The van der Waals surface area contributed by atoms with Gasteiger partial charge in [-0.15, -0.1) is 0 Å². The minimum Gasteiger partial charge on any atom is -0.402 e. The zero-order valence-corrected chi connectivity index (χ0v) is 12.2. The van der Waals surface area contributed by atoms with E-state index in [4.69, 9.17) is 4.74 Å². The zero-order valence-electron chi connectivity index (χ0n) is 12.2. The zero-order chi connectivity index (χ0) is 16.4. The summed E-state index contributed by atoms with van der Waals surface area (Å²) >= 11 is 0. The van der Waals surface area contributed by atoms with Crippen LogP contribution in [0.5, 0.6) is 0 Å². The van der Waals surface area contributed by atoms with Gasteiger partial charge in [0.25, 0.3) is 5.69 Å². The van der Waals surface area contributed by atoms with E-state index >= 15 is 0 Å². The van der Waals surface area contributed by atoms with Crippen molar-refractivity contribution in [3.8, 4) is 0 Å². The Morgan fingerprint density at radius 1 is 1.17 bits per heavy atom. The molecule has 0 spiro atoms. The second-order valence-corrected chi connectivity index (χ2v) is 5.01. The largest absolute Gasteiger partial charge is 0.402 e. The second-order valence-electron chi connectivity index (χ2n) is 5.01. The molecule has 0 saturated carbocycles. The standard InChI is InChI=1S/C17H12N2O4/c1-11-9-13(7-8-15(11)19(21)22)16-18-14(17(20)23-16)10-12-5-3-2-4-6-12/h2-10H,1H3/b14-10-. The molecular weight excluding hydrogens is 296 g/mol. The Hall–Kier alpha value is -3.28. The fraction of sp³-hybridized carbons (Fsp3) is 0.0588. The first-order valence-corrected chi connectivity index (χ1v) is 6.87.